The minimum atomic E-state index is -0.306. The molecule has 2 fully saturated rings. The van der Waals surface area contributed by atoms with Gasteiger partial charge in [-0.25, -0.2) is 0 Å². The van der Waals surface area contributed by atoms with Crippen molar-refractivity contribution in [2.45, 2.75) is 77.2 Å². The van der Waals surface area contributed by atoms with Gasteiger partial charge in [-0.1, -0.05) is 32.6 Å². The summed E-state index contributed by atoms with van der Waals surface area (Å²) in [6.07, 6.45) is 10.6. The third kappa shape index (κ3) is 3.88. The summed E-state index contributed by atoms with van der Waals surface area (Å²) in [6, 6.07) is 0. The third-order valence-electron chi connectivity index (χ3n) is 5.40. The molecule has 1 amide bonds. The van der Waals surface area contributed by atoms with E-state index in [0.717, 1.165) is 32.2 Å². The van der Waals surface area contributed by atoms with Crippen LogP contribution >= 0.6 is 12.4 Å². The summed E-state index contributed by atoms with van der Waals surface area (Å²) in [5.41, 5.74) is 6.41. The van der Waals surface area contributed by atoms with Gasteiger partial charge in [-0.3, -0.25) is 4.79 Å². The molecule has 2 rings (SSSR count). The van der Waals surface area contributed by atoms with Gasteiger partial charge >= 0.3 is 0 Å². The van der Waals surface area contributed by atoms with Crippen molar-refractivity contribution in [1.29, 1.82) is 0 Å². The van der Waals surface area contributed by atoms with E-state index in [9.17, 15) is 4.79 Å². The van der Waals surface area contributed by atoms with E-state index in [1.165, 1.54) is 32.1 Å². The normalized spacial score (nSPS) is 31.9. The first kappa shape index (κ1) is 17.8. The first-order chi connectivity index (χ1) is 8.99. The predicted octanol–water partition coefficient (Wildman–Crippen LogP) is 3.40. The molecule has 0 aromatic rings. The number of nitrogens with two attached hydrogens (primary N) is 1. The van der Waals surface area contributed by atoms with Gasteiger partial charge in [0.25, 0.3) is 0 Å². The molecule has 3 nitrogen and oxygen atoms in total. The van der Waals surface area contributed by atoms with Gasteiger partial charge in [0.1, 0.15) is 0 Å². The third-order valence-corrected chi connectivity index (χ3v) is 5.40. The molecular formula is C16H31ClN2O. The van der Waals surface area contributed by atoms with Crippen molar-refractivity contribution in [3.05, 3.63) is 0 Å². The Morgan fingerprint density at radius 2 is 1.95 bits per heavy atom. The molecule has 0 spiro atoms. The number of nitrogens with one attached hydrogen (secondary N) is 1. The van der Waals surface area contributed by atoms with Crippen LogP contribution in [0.5, 0.6) is 0 Å². The zero-order chi connectivity index (χ0) is 13.9. The summed E-state index contributed by atoms with van der Waals surface area (Å²) in [6.45, 7) is 5.15. The van der Waals surface area contributed by atoms with Crippen LogP contribution in [-0.4, -0.2) is 18.0 Å². The van der Waals surface area contributed by atoms with E-state index in [2.05, 4.69) is 12.2 Å². The van der Waals surface area contributed by atoms with Crippen molar-refractivity contribution < 1.29 is 4.79 Å². The van der Waals surface area contributed by atoms with Crippen LogP contribution in [0.4, 0.5) is 0 Å². The minimum absolute atomic E-state index is 0. The predicted molar refractivity (Wildman–Crippen MR) is 86.0 cm³/mol. The Morgan fingerprint density at radius 3 is 2.45 bits per heavy atom. The van der Waals surface area contributed by atoms with Crippen molar-refractivity contribution in [2.75, 3.05) is 6.54 Å². The highest BCUT2D eigenvalue weighted by molar-refractivity contribution is 5.85. The quantitative estimate of drug-likeness (QED) is 0.818. The van der Waals surface area contributed by atoms with Gasteiger partial charge in [0.05, 0.1) is 5.92 Å². The number of halogens is 1. The van der Waals surface area contributed by atoms with Gasteiger partial charge in [-0.2, -0.15) is 0 Å². The van der Waals surface area contributed by atoms with Crippen molar-refractivity contribution in [3.8, 4) is 0 Å². The first-order valence-electron chi connectivity index (χ1n) is 8.06. The zero-order valence-corrected chi connectivity index (χ0v) is 13.9. The molecule has 20 heavy (non-hydrogen) atoms. The second-order valence-corrected chi connectivity index (χ2v) is 7.13. The van der Waals surface area contributed by atoms with Crippen LogP contribution in [-0.2, 0) is 4.79 Å². The number of rotatable bonds is 5. The van der Waals surface area contributed by atoms with E-state index in [1.807, 2.05) is 6.92 Å². The van der Waals surface area contributed by atoms with Crippen LogP contribution in [0.1, 0.15) is 71.6 Å². The lowest BCUT2D eigenvalue weighted by Gasteiger charge is -2.43. The average molecular weight is 303 g/mol. The van der Waals surface area contributed by atoms with Crippen molar-refractivity contribution >= 4 is 18.3 Å². The van der Waals surface area contributed by atoms with Crippen molar-refractivity contribution in [1.82, 2.24) is 5.32 Å². The SMILES string of the molecule is CCCC1(CNC(=O)C2CCCCC2(C)N)CCC1.Cl. The summed E-state index contributed by atoms with van der Waals surface area (Å²) in [5, 5.41) is 3.22. The van der Waals surface area contributed by atoms with Crippen molar-refractivity contribution in [3.63, 3.8) is 0 Å². The Kier molecular flexibility index (Phi) is 6.33. The molecule has 0 aromatic carbocycles. The standard InChI is InChI=1S/C16H30N2O.ClH/c1-3-8-16(10-6-11-16)12-18-14(19)13-7-4-5-9-15(13,2)17;/h13H,3-12,17H2,1-2H3,(H,18,19);1H. The van der Waals surface area contributed by atoms with E-state index >= 15 is 0 Å². The summed E-state index contributed by atoms with van der Waals surface area (Å²) in [4.78, 5) is 12.4. The fourth-order valence-electron chi connectivity index (χ4n) is 3.91. The minimum Gasteiger partial charge on any atom is -0.355 e. The number of amides is 1. The highest BCUT2D eigenvalue weighted by Crippen LogP contribution is 2.44. The maximum absolute atomic E-state index is 12.4. The molecule has 0 saturated heterocycles. The Balaban J connectivity index is 0.00000200. The summed E-state index contributed by atoms with van der Waals surface area (Å²) in [5.74, 6) is 0.215. The lowest BCUT2D eigenvalue weighted by atomic mass is 9.66. The molecule has 0 radical (unpaired) electrons. The molecule has 0 aliphatic heterocycles. The number of hydrogen-bond donors (Lipinski definition) is 2. The fraction of sp³-hybridized carbons (Fsp3) is 0.938. The maximum Gasteiger partial charge on any atom is 0.224 e. The summed E-state index contributed by atoms with van der Waals surface area (Å²) in [7, 11) is 0. The van der Waals surface area contributed by atoms with Crippen LogP contribution in [0.2, 0.25) is 0 Å². The lowest BCUT2D eigenvalue weighted by molar-refractivity contribution is -0.129. The summed E-state index contributed by atoms with van der Waals surface area (Å²) >= 11 is 0. The highest BCUT2D eigenvalue weighted by atomic mass is 35.5. The molecule has 0 bridgehead atoms. The Morgan fingerprint density at radius 1 is 1.25 bits per heavy atom. The van der Waals surface area contributed by atoms with Crippen LogP contribution in [0.15, 0.2) is 0 Å². The largest absolute Gasteiger partial charge is 0.355 e. The Hall–Kier alpha value is -0.280. The number of carbonyl (C=O) groups is 1. The van der Waals surface area contributed by atoms with Crippen LogP contribution in [0, 0.1) is 11.3 Å². The molecule has 2 unspecified atom stereocenters. The van der Waals surface area contributed by atoms with Gasteiger partial charge in [0, 0.05) is 12.1 Å². The molecule has 0 aromatic heterocycles. The van der Waals surface area contributed by atoms with Gasteiger partial charge < -0.3 is 11.1 Å². The smallest absolute Gasteiger partial charge is 0.224 e. The maximum atomic E-state index is 12.4. The highest BCUT2D eigenvalue weighted by Gasteiger charge is 2.40. The monoisotopic (exact) mass is 302 g/mol. The van der Waals surface area contributed by atoms with E-state index < -0.39 is 0 Å². The second kappa shape index (κ2) is 7.13. The van der Waals surface area contributed by atoms with E-state index in [4.69, 9.17) is 5.73 Å². The number of carbonyl (C=O) groups excluding carboxylic acids is 1. The Labute approximate surface area is 129 Å². The van der Waals surface area contributed by atoms with Crippen LogP contribution in [0.3, 0.4) is 0 Å². The topological polar surface area (TPSA) is 55.1 Å². The van der Waals surface area contributed by atoms with Gasteiger partial charge in [0.2, 0.25) is 5.91 Å². The first-order valence-corrected chi connectivity index (χ1v) is 8.06. The molecule has 2 atom stereocenters. The lowest BCUT2D eigenvalue weighted by Crippen LogP contribution is -2.54. The van der Waals surface area contributed by atoms with Crippen LogP contribution in [0.25, 0.3) is 0 Å². The second-order valence-electron chi connectivity index (χ2n) is 7.13. The van der Waals surface area contributed by atoms with Crippen molar-refractivity contribution in [2.24, 2.45) is 17.1 Å². The molecular weight excluding hydrogens is 272 g/mol. The zero-order valence-electron chi connectivity index (χ0n) is 13.0. The molecule has 2 aliphatic carbocycles. The molecule has 2 aliphatic rings. The van der Waals surface area contributed by atoms with E-state index in [-0.39, 0.29) is 29.8 Å². The average Bonchev–Trinajstić information content (AvgIpc) is 2.31. The fourth-order valence-corrected chi connectivity index (χ4v) is 3.91. The van der Waals surface area contributed by atoms with Gasteiger partial charge in [-0.15, -0.1) is 12.4 Å². The van der Waals surface area contributed by atoms with Gasteiger partial charge in [-0.05, 0) is 44.4 Å². The van der Waals surface area contributed by atoms with E-state index in [1.54, 1.807) is 0 Å². The van der Waals surface area contributed by atoms with E-state index in [0.29, 0.717) is 5.41 Å². The Bertz CT molecular complexity index is 326. The van der Waals surface area contributed by atoms with Crippen LogP contribution < -0.4 is 11.1 Å². The molecule has 0 heterocycles. The number of hydrogen-bond acceptors (Lipinski definition) is 2. The molecule has 118 valence electrons. The molecule has 2 saturated carbocycles. The summed E-state index contributed by atoms with van der Waals surface area (Å²) < 4.78 is 0. The molecule has 3 N–H and O–H groups in total. The molecule has 4 heteroatoms. The van der Waals surface area contributed by atoms with Gasteiger partial charge in [0.15, 0.2) is 0 Å².